The second kappa shape index (κ2) is 6.70. The fourth-order valence-electron chi connectivity index (χ4n) is 2.66. The summed E-state index contributed by atoms with van der Waals surface area (Å²) in [7, 11) is 0. The quantitative estimate of drug-likeness (QED) is 0.755. The van der Waals surface area contributed by atoms with Crippen LogP contribution >= 0.6 is 0 Å². The van der Waals surface area contributed by atoms with Crippen molar-refractivity contribution in [1.82, 2.24) is 14.9 Å². The number of nitrogens with one attached hydrogen (secondary N) is 2. The van der Waals surface area contributed by atoms with Crippen molar-refractivity contribution in [3.8, 4) is 0 Å². The van der Waals surface area contributed by atoms with Crippen molar-refractivity contribution in [2.24, 2.45) is 0 Å². The van der Waals surface area contributed by atoms with Gasteiger partial charge in [0, 0.05) is 24.3 Å². The van der Waals surface area contributed by atoms with Gasteiger partial charge < -0.3 is 9.88 Å². The number of H-pyrrole nitrogens is 1. The first-order valence-electron chi connectivity index (χ1n) is 7.26. The molecule has 2 rings (SSSR count). The molecule has 5 heteroatoms. The SMILES string of the molecule is CCc1cn(CCCNC2CCCC2)c(=O)[nH]c1=O. The maximum Gasteiger partial charge on any atom is 0.328 e. The van der Waals surface area contributed by atoms with Crippen molar-refractivity contribution in [1.29, 1.82) is 0 Å². The second-order valence-corrected chi connectivity index (χ2v) is 5.25. The Balaban J connectivity index is 1.85. The molecule has 2 N–H and O–H groups in total. The minimum Gasteiger partial charge on any atom is -0.314 e. The van der Waals surface area contributed by atoms with Crippen LogP contribution in [0.5, 0.6) is 0 Å². The van der Waals surface area contributed by atoms with E-state index < -0.39 is 0 Å². The maximum absolute atomic E-state index is 11.6. The van der Waals surface area contributed by atoms with Crippen LogP contribution in [0.4, 0.5) is 0 Å². The van der Waals surface area contributed by atoms with Crippen molar-refractivity contribution in [3.63, 3.8) is 0 Å². The van der Waals surface area contributed by atoms with Crippen molar-refractivity contribution in [2.45, 2.75) is 58.0 Å². The van der Waals surface area contributed by atoms with Crippen LogP contribution in [0.2, 0.25) is 0 Å². The number of hydrogen-bond acceptors (Lipinski definition) is 3. The van der Waals surface area contributed by atoms with Crippen LogP contribution in [0.15, 0.2) is 15.8 Å². The van der Waals surface area contributed by atoms with Gasteiger partial charge in [-0.3, -0.25) is 9.78 Å². The van der Waals surface area contributed by atoms with E-state index in [9.17, 15) is 9.59 Å². The molecule has 1 aromatic rings. The Hall–Kier alpha value is -1.36. The fraction of sp³-hybridized carbons (Fsp3) is 0.714. The average Bonchev–Trinajstić information content (AvgIpc) is 2.90. The Kier molecular flexibility index (Phi) is 4.96. The summed E-state index contributed by atoms with van der Waals surface area (Å²) in [5.41, 5.74) is 0.110. The molecule has 1 aromatic heterocycles. The van der Waals surface area contributed by atoms with Crippen LogP contribution in [-0.2, 0) is 13.0 Å². The maximum atomic E-state index is 11.6. The molecule has 0 bridgehead atoms. The Morgan fingerprint density at radius 2 is 2.11 bits per heavy atom. The first-order valence-corrected chi connectivity index (χ1v) is 7.26. The molecule has 0 amide bonds. The van der Waals surface area contributed by atoms with Crippen LogP contribution in [0.3, 0.4) is 0 Å². The van der Waals surface area contributed by atoms with Crippen molar-refractivity contribution in [3.05, 3.63) is 32.6 Å². The zero-order valence-corrected chi connectivity index (χ0v) is 11.6. The zero-order chi connectivity index (χ0) is 13.7. The Bertz CT molecular complexity index is 512. The summed E-state index contributed by atoms with van der Waals surface area (Å²) in [4.78, 5) is 25.5. The summed E-state index contributed by atoms with van der Waals surface area (Å²) in [5.74, 6) is 0. The first kappa shape index (κ1) is 14.1. The molecule has 0 aromatic carbocycles. The van der Waals surface area contributed by atoms with Gasteiger partial charge in [0.25, 0.3) is 5.56 Å². The Labute approximate surface area is 113 Å². The van der Waals surface area contributed by atoms with E-state index >= 15 is 0 Å². The van der Waals surface area contributed by atoms with Crippen LogP contribution in [0, 0.1) is 0 Å². The molecule has 0 unspecified atom stereocenters. The van der Waals surface area contributed by atoms with E-state index in [2.05, 4.69) is 10.3 Å². The number of aromatic amines is 1. The Morgan fingerprint density at radius 3 is 2.79 bits per heavy atom. The molecule has 0 atom stereocenters. The molecule has 106 valence electrons. The minimum absolute atomic E-state index is 0.257. The summed E-state index contributed by atoms with van der Waals surface area (Å²) in [6.07, 6.45) is 8.46. The highest BCUT2D eigenvalue weighted by Gasteiger charge is 2.13. The van der Waals surface area contributed by atoms with Crippen molar-refractivity contribution >= 4 is 0 Å². The third kappa shape index (κ3) is 3.80. The van der Waals surface area contributed by atoms with Gasteiger partial charge in [-0.1, -0.05) is 19.8 Å². The lowest BCUT2D eigenvalue weighted by atomic mass is 10.2. The van der Waals surface area contributed by atoms with E-state index in [0.717, 1.165) is 13.0 Å². The number of nitrogens with zero attached hydrogens (tertiary/aromatic N) is 1. The fourth-order valence-corrected chi connectivity index (χ4v) is 2.66. The van der Waals surface area contributed by atoms with Gasteiger partial charge in [-0.05, 0) is 32.2 Å². The molecule has 1 heterocycles. The van der Waals surface area contributed by atoms with Crippen LogP contribution in [0.1, 0.15) is 44.6 Å². The molecule has 19 heavy (non-hydrogen) atoms. The minimum atomic E-state index is -0.303. The van der Waals surface area contributed by atoms with Crippen LogP contribution in [0.25, 0.3) is 0 Å². The van der Waals surface area contributed by atoms with Gasteiger partial charge in [-0.15, -0.1) is 0 Å². The van der Waals surface area contributed by atoms with Gasteiger partial charge in [0.05, 0.1) is 0 Å². The number of rotatable bonds is 6. The summed E-state index contributed by atoms with van der Waals surface area (Å²) in [6.45, 7) is 3.50. The van der Waals surface area contributed by atoms with E-state index in [0.29, 0.717) is 24.6 Å². The number of aryl methyl sites for hydroxylation is 2. The molecular formula is C14H23N3O2. The van der Waals surface area contributed by atoms with E-state index in [-0.39, 0.29) is 11.2 Å². The predicted octanol–water partition coefficient (Wildman–Crippen LogP) is 1.02. The average molecular weight is 265 g/mol. The lowest BCUT2D eigenvalue weighted by molar-refractivity contribution is 0.489. The van der Waals surface area contributed by atoms with Crippen molar-refractivity contribution in [2.75, 3.05) is 6.54 Å². The first-order chi connectivity index (χ1) is 9.20. The molecular weight excluding hydrogens is 242 g/mol. The standard InChI is InChI=1S/C14H23N3O2/c1-2-11-10-17(14(19)16-13(11)18)9-5-8-15-12-6-3-4-7-12/h10,12,15H,2-9H2,1H3,(H,16,18,19). The third-order valence-electron chi connectivity index (χ3n) is 3.83. The molecule has 0 spiro atoms. The lowest BCUT2D eigenvalue weighted by Gasteiger charge is -2.12. The van der Waals surface area contributed by atoms with Gasteiger partial charge in [-0.25, -0.2) is 4.79 Å². The normalized spacial score (nSPS) is 16.1. The topological polar surface area (TPSA) is 66.9 Å². The lowest BCUT2D eigenvalue weighted by Crippen LogP contribution is -2.33. The summed E-state index contributed by atoms with van der Waals surface area (Å²) < 4.78 is 1.61. The molecule has 1 aliphatic carbocycles. The molecule has 0 saturated heterocycles. The highest BCUT2D eigenvalue weighted by atomic mass is 16.2. The smallest absolute Gasteiger partial charge is 0.314 e. The van der Waals surface area contributed by atoms with Crippen molar-refractivity contribution < 1.29 is 0 Å². The van der Waals surface area contributed by atoms with Gasteiger partial charge in [0.1, 0.15) is 0 Å². The summed E-state index contributed by atoms with van der Waals surface area (Å²) in [5, 5.41) is 3.52. The van der Waals surface area contributed by atoms with E-state index in [1.807, 2.05) is 6.92 Å². The van der Waals surface area contributed by atoms with E-state index in [1.165, 1.54) is 25.7 Å². The largest absolute Gasteiger partial charge is 0.328 e. The predicted molar refractivity (Wildman–Crippen MR) is 75.6 cm³/mol. The molecule has 0 radical (unpaired) electrons. The summed E-state index contributed by atoms with van der Waals surface area (Å²) >= 11 is 0. The van der Waals surface area contributed by atoms with Gasteiger partial charge in [0.2, 0.25) is 0 Å². The summed E-state index contributed by atoms with van der Waals surface area (Å²) in [6, 6.07) is 0.665. The monoisotopic (exact) mass is 265 g/mol. The van der Waals surface area contributed by atoms with E-state index in [1.54, 1.807) is 10.8 Å². The molecule has 1 saturated carbocycles. The van der Waals surface area contributed by atoms with E-state index in [4.69, 9.17) is 0 Å². The third-order valence-corrected chi connectivity index (χ3v) is 3.83. The molecule has 1 fully saturated rings. The van der Waals surface area contributed by atoms with Gasteiger partial charge in [-0.2, -0.15) is 0 Å². The zero-order valence-electron chi connectivity index (χ0n) is 11.6. The Morgan fingerprint density at radius 1 is 1.37 bits per heavy atom. The molecule has 0 aliphatic heterocycles. The number of aromatic nitrogens is 2. The highest BCUT2D eigenvalue weighted by molar-refractivity contribution is 5.03. The van der Waals surface area contributed by atoms with Gasteiger partial charge >= 0.3 is 5.69 Å². The molecule has 1 aliphatic rings. The number of hydrogen-bond donors (Lipinski definition) is 2. The molecule has 5 nitrogen and oxygen atoms in total. The second-order valence-electron chi connectivity index (χ2n) is 5.25. The highest BCUT2D eigenvalue weighted by Crippen LogP contribution is 2.17. The van der Waals surface area contributed by atoms with Crippen LogP contribution < -0.4 is 16.6 Å². The van der Waals surface area contributed by atoms with Crippen LogP contribution in [-0.4, -0.2) is 22.1 Å². The van der Waals surface area contributed by atoms with Gasteiger partial charge in [0.15, 0.2) is 0 Å².